The van der Waals surface area contributed by atoms with Crippen molar-refractivity contribution < 1.29 is 9.53 Å². The van der Waals surface area contributed by atoms with Gasteiger partial charge in [0.15, 0.2) is 0 Å². The SMILES string of the molecule is CCCN(CCC(=O)Nc1cc(Cl)ccc1OC)CC1CC1. The summed E-state index contributed by atoms with van der Waals surface area (Å²) in [6.07, 6.45) is 4.29. The standard InChI is InChI=1S/C17H25ClN2O2/c1-3-9-20(12-13-4-5-13)10-8-17(21)19-15-11-14(18)6-7-16(15)22-2/h6-7,11,13H,3-5,8-10,12H2,1-2H3,(H,19,21). The number of ether oxygens (including phenoxy) is 1. The fraction of sp³-hybridized carbons (Fsp3) is 0.588. The highest BCUT2D eigenvalue weighted by atomic mass is 35.5. The minimum absolute atomic E-state index is 0.00235. The Morgan fingerprint density at radius 1 is 1.41 bits per heavy atom. The molecule has 1 amide bonds. The summed E-state index contributed by atoms with van der Waals surface area (Å²) in [7, 11) is 1.58. The molecule has 0 atom stereocenters. The average molecular weight is 325 g/mol. The average Bonchev–Trinajstić information content (AvgIpc) is 3.29. The Morgan fingerprint density at radius 3 is 2.82 bits per heavy atom. The maximum atomic E-state index is 12.2. The van der Waals surface area contributed by atoms with E-state index in [2.05, 4.69) is 17.1 Å². The number of nitrogens with one attached hydrogen (secondary N) is 1. The largest absolute Gasteiger partial charge is 0.495 e. The lowest BCUT2D eigenvalue weighted by atomic mass is 10.2. The van der Waals surface area contributed by atoms with Crippen LogP contribution in [0.3, 0.4) is 0 Å². The van der Waals surface area contributed by atoms with E-state index in [1.807, 2.05) is 0 Å². The molecule has 1 aromatic rings. The van der Waals surface area contributed by atoms with E-state index in [-0.39, 0.29) is 5.91 Å². The number of amides is 1. The molecule has 0 aromatic heterocycles. The molecule has 122 valence electrons. The first-order valence-electron chi connectivity index (χ1n) is 7.98. The molecule has 0 heterocycles. The van der Waals surface area contributed by atoms with E-state index in [1.54, 1.807) is 25.3 Å². The smallest absolute Gasteiger partial charge is 0.225 e. The fourth-order valence-corrected chi connectivity index (χ4v) is 2.70. The normalized spacial score (nSPS) is 14.2. The molecule has 4 nitrogen and oxygen atoms in total. The molecule has 0 spiro atoms. The zero-order chi connectivity index (χ0) is 15.9. The van der Waals surface area contributed by atoms with Crippen LogP contribution in [0.4, 0.5) is 5.69 Å². The molecule has 0 bridgehead atoms. The highest BCUT2D eigenvalue weighted by Crippen LogP contribution is 2.30. The van der Waals surface area contributed by atoms with Crippen LogP contribution in [0.1, 0.15) is 32.6 Å². The van der Waals surface area contributed by atoms with Crippen LogP contribution in [-0.4, -0.2) is 37.6 Å². The quantitative estimate of drug-likeness (QED) is 0.751. The van der Waals surface area contributed by atoms with E-state index in [9.17, 15) is 4.79 Å². The fourth-order valence-electron chi connectivity index (χ4n) is 2.53. The number of anilines is 1. The Balaban J connectivity index is 1.84. The van der Waals surface area contributed by atoms with Crippen LogP contribution < -0.4 is 10.1 Å². The summed E-state index contributed by atoms with van der Waals surface area (Å²) < 4.78 is 5.24. The van der Waals surface area contributed by atoms with Crippen molar-refractivity contribution in [3.63, 3.8) is 0 Å². The number of hydrogen-bond donors (Lipinski definition) is 1. The summed E-state index contributed by atoms with van der Waals surface area (Å²) in [6.45, 7) is 5.17. The van der Waals surface area contributed by atoms with E-state index in [4.69, 9.17) is 16.3 Å². The summed E-state index contributed by atoms with van der Waals surface area (Å²) in [6, 6.07) is 5.22. The van der Waals surface area contributed by atoms with Crippen LogP contribution in [0.15, 0.2) is 18.2 Å². The molecule has 1 aliphatic rings. The number of benzene rings is 1. The summed E-state index contributed by atoms with van der Waals surface area (Å²) in [4.78, 5) is 14.6. The second-order valence-corrected chi connectivity index (χ2v) is 6.32. The molecule has 0 unspecified atom stereocenters. The molecule has 0 radical (unpaired) electrons. The molecule has 5 heteroatoms. The van der Waals surface area contributed by atoms with Crippen molar-refractivity contribution in [2.24, 2.45) is 5.92 Å². The minimum atomic E-state index is -0.00235. The first-order valence-corrected chi connectivity index (χ1v) is 8.36. The van der Waals surface area contributed by atoms with Crippen LogP contribution in [0, 0.1) is 5.92 Å². The van der Waals surface area contributed by atoms with Crippen molar-refractivity contribution in [3.8, 4) is 5.75 Å². The van der Waals surface area contributed by atoms with Crippen molar-refractivity contribution >= 4 is 23.2 Å². The first kappa shape index (κ1) is 17.1. The summed E-state index contributed by atoms with van der Waals surface area (Å²) in [5, 5.41) is 3.47. The van der Waals surface area contributed by atoms with Gasteiger partial charge in [-0.15, -0.1) is 0 Å². The first-order chi connectivity index (χ1) is 10.6. The Hall–Kier alpha value is -1.26. The van der Waals surface area contributed by atoms with E-state index < -0.39 is 0 Å². The lowest BCUT2D eigenvalue weighted by Crippen LogP contribution is -2.30. The monoisotopic (exact) mass is 324 g/mol. The van der Waals surface area contributed by atoms with Gasteiger partial charge in [-0.1, -0.05) is 18.5 Å². The van der Waals surface area contributed by atoms with Gasteiger partial charge in [0, 0.05) is 24.5 Å². The Kier molecular flexibility index (Phi) is 6.52. The third kappa shape index (κ3) is 5.50. The number of hydrogen-bond acceptors (Lipinski definition) is 3. The van der Waals surface area contributed by atoms with E-state index in [0.717, 1.165) is 32.0 Å². The van der Waals surface area contributed by atoms with Gasteiger partial charge in [0.1, 0.15) is 5.75 Å². The lowest BCUT2D eigenvalue weighted by Gasteiger charge is -2.21. The van der Waals surface area contributed by atoms with E-state index in [0.29, 0.717) is 22.9 Å². The second-order valence-electron chi connectivity index (χ2n) is 5.89. The van der Waals surface area contributed by atoms with E-state index >= 15 is 0 Å². The maximum Gasteiger partial charge on any atom is 0.225 e. The van der Waals surface area contributed by atoms with Gasteiger partial charge in [0.05, 0.1) is 12.8 Å². The van der Waals surface area contributed by atoms with E-state index in [1.165, 1.54) is 12.8 Å². The molecule has 0 aliphatic heterocycles. The van der Waals surface area contributed by atoms with Crippen molar-refractivity contribution in [1.82, 2.24) is 4.90 Å². The predicted octanol–water partition coefficient (Wildman–Crippen LogP) is 3.80. The third-order valence-electron chi connectivity index (χ3n) is 3.84. The summed E-state index contributed by atoms with van der Waals surface area (Å²) in [5.74, 6) is 1.47. The third-order valence-corrected chi connectivity index (χ3v) is 4.08. The van der Waals surface area contributed by atoms with Crippen LogP contribution >= 0.6 is 11.6 Å². The molecular formula is C17H25ClN2O2. The lowest BCUT2D eigenvalue weighted by molar-refractivity contribution is -0.116. The zero-order valence-electron chi connectivity index (χ0n) is 13.4. The van der Waals surface area contributed by atoms with Crippen LogP contribution in [-0.2, 0) is 4.79 Å². The van der Waals surface area contributed by atoms with Crippen molar-refractivity contribution in [3.05, 3.63) is 23.2 Å². The second kappa shape index (κ2) is 8.39. The minimum Gasteiger partial charge on any atom is -0.495 e. The predicted molar refractivity (Wildman–Crippen MR) is 90.7 cm³/mol. The number of rotatable bonds is 9. The highest BCUT2D eigenvalue weighted by molar-refractivity contribution is 6.31. The van der Waals surface area contributed by atoms with Crippen LogP contribution in [0.5, 0.6) is 5.75 Å². The number of nitrogens with zero attached hydrogens (tertiary/aromatic N) is 1. The topological polar surface area (TPSA) is 41.6 Å². The van der Waals surface area contributed by atoms with Gasteiger partial charge in [-0.25, -0.2) is 0 Å². The Bertz CT molecular complexity index is 503. The molecular weight excluding hydrogens is 300 g/mol. The molecule has 1 saturated carbocycles. The number of carbonyl (C=O) groups is 1. The van der Waals surface area contributed by atoms with Gasteiger partial charge in [0.25, 0.3) is 0 Å². The Labute approximate surface area is 137 Å². The van der Waals surface area contributed by atoms with Gasteiger partial charge in [-0.2, -0.15) is 0 Å². The summed E-state index contributed by atoms with van der Waals surface area (Å²) >= 11 is 5.98. The number of carbonyl (C=O) groups excluding carboxylic acids is 1. The maximum absolute atomic E-state index is 12.2. The molecule has 1 fully saturated rings. The van der Waals surface area contributed by atoms with Crippen molar-refractivity contribution in [1.29, 1.82) is 0 Å². The van der Waals surface area contributed by atoms with Gasteiger partial charge in [-0.3, -0.25) is 4.79 Å². The molecule has 1 N–H and O–H groups in total. The van der Waals surface area contributed by atoms with Gasteiger partial charge in [-0.05, 0) is 49.9 Å². The number of methoxy groups -OCH3 is 1. The van der Waals surface area contributed by atoms with Gasteiger partial charge in [0.2, 0.25) is 5.91 Å². The van der Waals surface area contributed by atoms with Gasteiger partial charge < -0.3 is 15.0 Å². The molecule has 1 aromatic carbocycles. The molecule has 1 aliphatic carbocycles. The highest BCUT2D eigenvalue weighted by Gasteiger charge is 2.24. The van der Waals surface area contributed by atoms with Crippen molar-refractivity contribution in [2.75, 3.05) is 32.1 Å². The van der Waals surface area contributed by atoms with Crippen LogP contribution in [0.25, 0.3) is 0 Å². The Morgan fingerprint density at radius 2 is 2.18 bits per heavy atom. The summed E-state index contributed by atoms with van der Waals surface area (Å²) in [5.41, 5.74) is 0.629. The zero-order valence-corrected chi connectivity index (χ0v) is 14.2. The molecule has 22 heavy (non-hydrogen) atoms. The van der Waals surface area contributed by atoms with Gasteiger partial charge >= 0.3 is 0 Å². The molecule has 2 rings (SSSR count). The number of halogens is 1. The molecule has 0 saturated heterocycles. The van der Waals surface area contributed by atoms with Crippen molar-refractivity contribution in [2.45, 2.75) is 32.6 Å². The van der Waals surface area contributed by atoms with Crippen LogP contribution in [0.2, 0.25) is 5.02 Å².